The van der Waals surface area contributed by atoms with Crippen LogP contribution in [0.5, 0.6) is 0 Å². The van der Waals surface area contributed by atoms with Crippen molar-refractivity contribution in [3.05, 3.63) is 230 Å². The first-order valence-corrected chi connectivity index (χ1v) is 21.4. The number of anilines is 3. The average Bonchev–Trinajstić information content (AvgIpc) is 3.96. The van der Waals surface area contributed by atoms with Crippen LogP contribution >= 0.6 is 0 Å². The van der Waals surface area contributed by atoms with Crippen LogP contribution in [-0.2, 0) is 5.41 Å². The van der Waals surface area contributed by atoms with Crippen molar-refractivity contribution in [2.24, 2.45) is 0 Å². The Balaban J connectivity index is 0.947. The highest BCUT2D eigenvalue weighted by Crippen LogP contribution is 2.54. The Bertz CT molecular complexity index is 3450. The lowest BCUT2D eigenvalue weighted by atomic mass is 9.81. The van der Waals surface area contributed by atoms with E-state index >= 15 is 0 Å². The van der Waals surface area contributed by atoms with Crippen molar-refractivity contribution in [2.45, 2.75) is 19.3 Å². The van der Waals surface area contributed by atoms with Crippen LogP contribution in [0.1, 0.15) is 25.0 Å². The number of aromatic nitrogens is 1. The van der Waals surface area contributed by atoms with Crippen LogP contribution in [0.15, 0.2) is 223 Å². The predicted molar refractivity (Wildman–Crippen MR) is 259 cm³/mol. The first-order chi connectivity index (χ1) is 30.5. The zero-order valence-corrected chi connectivity index (χ0v) is 34.6. The molecule has 0 atom stereocenters. The number of benzene rings is 9. The standard InChI is InChI=1S/C59H42N2O/c1-59(2)53-22-11-9-19-51(53)57-56(59)52-38-43(30-37-54(52)61(57)44-16-7-4-8-17-44)41-26-33-46(34-27-41)60(45-31-24-40(25-32-45)39-14-5-3-6-15-39)47-35-28-42(29-36-47)48-20-13-21-50-49-18-10-12-23-55(49)62-58(48)50/h3-38H,1-2H3. The van der Waals surface area contributed by atoms with Gasteiger partial charge in [0.15, 0.2) is 0 Å². The summed E-state index contributed by atoms with van der Waals surface area (Å²) >= 11 is 0. The lowest BCUT2D eigenvalue weighted by Gasteiger charge is -2.26. The summed E-state index contributed by atoms with van der Waals surface area (Å²) in [6.45, 7) is 4.75. The molecule has 0 fully saturated rings. The monoisotopic (exact) mass is 794 g/mol. The predicted octanol–water partition coefficient (Wildman–Crippen LogP) is 16.3. The molecule has 11 aromatic rings. The Labute approximate surface area is 361 Å². The average molecular weight is 795 g/mol. The minimum Gasteiger partial charge on any atom is -0.455 e. The summed E-state index contributed by atoms with van der Waals surface area (Å²) in [5.74, 6) is 0. The fourth-order valence-electron chi connectivity index (χ4n) is 10.0. The molecule has 9 aromatic carbocycles. The zero-order chi connectivity index (χ0) is 41.4. The highest BCUT2D eigenvalue weighted by Gasteiger charge is 2.40. The molecular formula is C59H42N2O. The van der Waals surface area contributed by atoms with E-state index in [9.17, 15) is 0 Å². The molecule has 0 radical (unpaired) electrons. The molecule has 1 aliphatic carbocycles. The molecule has 294 valence electrons. The van der Waals surface area contributed by atoms with Gasteiger partial charge >= 0.3 is 0 Å². The number of hydrogen-bond donors (Lipinski definition) is 0. The van der Waals surface area contributed by atoms with Crippen LogP contribution in [0.3, 0.4) is 0 Å². The second kappa shape index (κ2) is 14.1. The van der Waals surface area contributed by atoms with Gasteiger partial charge < -0.3 is 13.9 Å². The van der Waals surface area contributed by atoms with Crippen molar-refractivity contribution in [2.75, 3.05) is 4.90 Å². The topological polar surface area (TPSA) is 21.3 Å². The molecule has 12 rings (SSSR count). The van der Waals surface area contributed by atoms with Gasteiger partial charge in [-0.15, -0.1) is 0 Å². The highest BCUT2D eigenvalue weighted by atomic mass is 16.3. The summed E-state index contributed by atoms with van der Waals surface area (Å²) in [4.78, 5) is 2.35. The smallest absolute Gasteiger partial charge is 0.143 e. The van der Waals surface area contributed by atoms with Gasteiger partial charge in [0.2, 0.25) is 0 Å². The van der Waals surface area contributed by atoms with Crippen molar-refractivity contribution in [3.8, 4) is 50.3 Å². The second-order valence-corrected chi connectivity index (χ2v) is 16.9. The maximum absolute atomic E-state index is 6.43. The number of hydrogen-bond acceptors (Lipinski definition) is 2. The van der Waals surface area contributed by atoms with E-state index < -0.39 is 0 Å². The summed E-state index contributed by atoms with van der Waals surface area (Å²) < 4.78 is 8.90. The van der Waals surface area contributed by atoms with E-state index in [2.05, 4.69) is 230 Å². The quantitative estimate of drug-likeness (QED) is 0.160. The van der Waals surface area contributed by atoms with Crippen molar-refractivity contribution >= 4 is 49.9 Å². The van der Waals surface area contributed by atoms with Crippen LogP contribution < -0.4 is 4.90 Å². The van der Waals surface area contributed by atoms with Crippen molar-refractivity contribution in [3.63, 3.8) is 0 Å². The summed E-state index contributed by atoms with van der Waals surface area (Å²) in [5, 5.41) is 3.57. The Kier molecular flexibility index (Phi) is 8.20. The highest BCUT2D eigenvalue weighted by molar-refractivity contribution is 6.09. The largest absolute Gasteiger partial charge is 0.455 e. The van der Waals surface area contributed by atoms with E-state index in [4.69, 9.17) is 4.42 Å². The van der Waals surface area contributed by atoms with Crippen molar-refractivity contribution in [1.29, 1.82) is 0 Å². The molecule has 62 heavy (non-hydrogen) atoms. The lowest BCUT2D eigenvalue weighted by molar-refractivity contribution is 0.666. The van der Waals surface area contributed by atoms with Crippen molar-refractivity contribution < 1.29 is 4.42 Å². The molecule has 0 aliphatic heterocycles. The molecular weight excluding hydrogens is 753 g/mol. The third kappa shape index (κ3) is 5.66. The Hall–Kier alpha value is -7.88. The molecule has 3 nitrogen and oxygen atoms in total. The molecule has 0 amide bonds. The Morgan fingerprint density at radius 1 is 0.419 bits per heavy atom. The summed E-state index contributed by atoms with van der Waals surface area (Å²) in [5.41, 5.74) is 19.7. The number of furan rings is 1. The van der Waals surface area contributed by atoms with E-state index in [-0.39, 0.29) is 5.41 Å². The van der Waals surface area contributed by atoms with Crippen LogP contribution in [-0.4, -0.2) is 4.57 Å². The molecule has 0 saturated heterocycles. The van der Waals surface area contributed by atoms with E-state index in [1.165, 1.54) is 61.2 Å². The van der Waals surface area contributed by atoms with Crippen LogP contribution in [0.25, 0.3) is 83.2 Å². The van der Waals surface area contributed by atoms with Gasteiger partial charge in [0.1, 0.15) is 11.2 Å². The lowest BCUT2D eigenvalue weighted by Crippen LogP contribution is -2.14. The van der Waals surface area contributed by atoms with Crippen molar-refractivity contribution in [1.82, 2.24) is 4.57 Å². The van der Waals surface area contributed by atoms with Crippen LogP contribution in [0, 0.1) is 0 Å². The van der Waals surface area contributed by atoms with Gasteiger partial charge in [-0.3, -0.25) is 0 Å². The van der Waals surface area contributed by atoms with Gasteiger partial charge in [-0.2, -0.15) is 0 Å². The molecule has 0 N–H and O–H groups in total. The van der Waals surface area contributed by atoms with E-state index in [0.717, 1.165) is 50.1 Å². The molecule has 0 spiro atoms. The molecule has 2 heterocycles. The third-order valence-electron chi connectivity index (χ3n) is 13.0. The molecule has 2 aromatic heterocycles. The number of para-hydroxylation sites is 3. The zero-order valence-electron chi connectivity index (χ0n) is 34.6. The molecule has 0 unspecified atom stereocenters. The summed E-state index contributed by atoms with van der Waals surface area (Å²) in [7, 11) is 0. The number of rotatable bonds is 7. The fourth-order valence-corrected chi connectivity index (χ4v) is 10.0. The van der Waals surface area contributed by atoms with Gasteiger partial charge in [0.25, 0.3) is 0 Å². The minimum absolute atomic E-state index is 0.141. The Morgan fingerprint density at radius 3 is 1.66 bits per heavy atom. The normalized spacial score (nSPS) is 12.8. The van der Waals surface area contributed by atoms with Gasteiger partial charge in [-0.1, -0.05) is 166 Å². The fraction of sp³-hybridized carbons (Fsp3) is 0.0508. The Morgan fingerprint density at radius 2 is 0.952 bits per heavy atom. The SMILES string of the molecule is CC1(C)c2ccccc2-c2c1c1cc(-c3ccc(N(c4ccc(-c5ccccc5)cc4)c4ccc(-c5cccc6c5oc5ccccc56)cc4)cc3)ccc1n2-c1ccccc1. The van der Waals surface area contributed by atoms with Crippen LogP contribution in [0.2, 0.25) is 0 Å². The van der Waals surface area contributed by atoms with Gasteiger partial charge in [0.05, 0.1) is 11.2 Å². The van der Waals surface area contributed by atoms with E-state index in [1.807, 2.05) is 12.1 Å². The number of fused-ring (bicyclic) bond motifs is 8. The van der Waals surface area contributed by atoms with Gasteiger partial charge in [-0.25, -0.2) is 0 Å². The van der Waals surface area contributed by atoms with E-state index in [1.54, 1.807) is 0 Å². The summed E-state index contributed by atoms with van der Waals surface area (Å²) in [6, 6.07) is 78.8. The second-order valence-electron chi connectivity index (χ2n) is 16.9. The first-order valence-electron chi connectivity index (χ1n) is 21.4. The minimum atomic E-state index is -0.141. The first kappa shape index (κ1) is 36.0. The summed E-state index contributed by atoms with van der Waals surface area (Å²) in [6.07, 6.45) is 0. The molecule has 0 saturated carbocycles. The maximum Gasteiger partial charge on any atom is 0.143 e. The van der Waals surface area contributed by atoms with Gasteiger partial charge in [0, 0.05) is 55.5 Å². The molecule has 3 heteroatoms. The van der Waals surface area contributed by atoms with E-state index in [0.29, 0.717) is 0 Å². The maximum atomic E-state index is 6.43. The third-order valence-corrected chi connectivity index (χ3v) is 13.0. The van der Waals surface area contributed by atoms with Crippen LogP contribution in [0.4, 0.5) is 17.1 Å². The number of nitrogens with zero attached hydrogens (tertiary/aromatic N) is 2. The molecule has 1 aliphatic rings. The van der Waals surface area contributed by atoms with Gasteiger partial charge in [-0.05, 0) is 106 Å². The molecule has 0 bridgehead atoms.